The van der Waals surface area contributed by atoms with E-state index >= 15 is 0 Å². The minimum Gasteiger partial charge on any atom is -0.352 e. The summed E-state index contributed by atoms with van der Waals surface area (Å²) >= 11 is 0. The Labute approximate surface area is 177 Å². The first-order valence-corrected chi connectivity index (χ1v) is 11.0. The third-order valence-corrected chi connectivity index (χ3v) is 6.46. The number of hydrogen-bond donors (Lipinski definition) is 2. The summed E-state index contributed by atoms with van der Waals surface area (Å²) in [4.78, 5) is 29.8. The lowest BCUT2D eigenvalue weighted by Crippen LogP contribution is -2.51. The minimum absolute atomic E-state index is 0.0516. The molecule has 1 aromatic carbocycles. The van der Waals surface area contributed by atoms with E-state index in [4.69, 9.17) is 0 Å². The van der Waals surface area contributed by atoms with Gasteiger partial charge in [0.25, 0.3) is 5.91 Å². The number of aromatic nitrogens is 2. The Kier molecular flexibility index (Phi) is 6.47. The first kappa shape index (κ1) is 20.6. The molecule has 0 spiro atoms. The lowest BCUT2D eigenvalue weighted by atomic mass is 9.93. The van der Waals surface area contributed by atoms with E-state index < -0.39 is 0 Å². The Bertz CT molecular complexity index is 857. The Hall–Kier alpha value is -2.67. The Morgan fingerprint density at radius 2 is 1.90 bits per heavy atom. The van der Waals surface area contributed by atoms with Gasteiger partial charge in [-0.3, -0.25) is 19.6 Å². The molecular weight excluding hydrogens is 378 g/mol. The van der Waals surface area contributed by atoms with Crippen LogP contribution in [0.4, 0.5) is 0 Å². The van der Waals surface area contributed by atoms with E-state index in [1.807, 2.05) is 42.2 Å². The van der Waals surface area contributed by atoms with Gasteiger partial charge in [0.15, 0.2) is 0 Å². The summed E-state index contributed by atoms with van der Waals surface area (Å²) in [5.41, 5.74) is 2.62. The largest absolute Gasteiger partial charge is 0.352 e. The number of carbonyl (C=O) groups excluding carboxylic acids is 2. The number of H-pyrrole nitrogens is 1. The summed E-state index contributed by atoms with van der Waals surface area (Å²) in [5, 5.41) is 9.92. The first-order valence-electron chi connectivity index (χ1n) is 11.0. The Balaban J connectivity index is 1.26. The van der Waals surface area contributed by atoms with Crippen molar-refractivity contribution in [3.05, 3.63) is 53.3 Å². The van der Waals surface area contributed by atoms with Gasteiger partial charge < -0.3 is 10.2 Å². The first-order chi connectivity index (χ1) is 14.6. The molecule has 0 saturated carbocycles. The van der Waals surface area contributed by atoms with E-state index in [-0.39, 0.29) is 17.7 Å². The summed E-state index contributed by atoms with van der Waals surface area (Å²) in [7, 11) is 0. The van der Waals surface area contributed by atoms with Crippen molar-refractivity contribution in [1.82, 2.24) is 25.3 Å². The average Bonchev–Trinajstić information content (AvgIpc) is 3.23. The molecule has 2 fully saturated rings. The van der Waals surface area contributed by atoms with Crippen LogP contribution < -0.4 is 5.32 Å². The quantitative estimate of drug-likeness (QED) is 0.794. The zero-order chi connectivity index (χ0) is 20.9. The maximum atomic E-state index is 12.7. The molecule has 2 aliphatic heterocycles. The van der Waals surface area contributed by atoms with Crippen molar-refractivity contribution in [2.75, 3.05) is 26.2 Å². The zero-order valence-electron chi connectivity index (χ0n) is 17.6. The molecule has 2 N–H and O–H groups in total. The van der Waals surface area contributed by atoms with E-state index in [2.05, 4.69) is 20.4 Å². The second-order valence-corrected chi connectivity index (χ2v) is 8.47. The molecule has 0 aliphatic carbocycles. The number of aryl methyl sites for hydroxylation is 1. The van der Waals surface area contributed by atoms with Crippen molar-refractivity contribution >= 4 is 11.8 Å². The number of piperidine rings is 2. The predicted molar refractivity (Wildman–Crippen MR) is 115 cm³/mol. The molecule has 3 heterocycles. The monoisotopic (exact) mass is 409 g/mol. The van der Waals surface area contributed by atoms with Crippen LogP contribution in [0.1, 0.15) is 47.3 Å². The number of aromatic amines is 1. The van der Waals surface area contributed by atoms with Gasteiger partial charge in [0.2, 0.25) is 5.91 Å². The second-order valence-electron chi connectivity index (χ2n) is 8.47. The van der Waals surface area contributed by atoms with E-state index in [1.165, 1.54) is 0 Å². The topological polar surface area (TPSA) is 81.3 Å². The van der Waals surface area contributed by atoms with Gasteiger partial charge in [-0.05, 0) is 44.7 Å². The molecule has 7 heteroatoms. The van der Waals surface area contributed by atoms with Crippen molar-refractivity contribution in [3.63, 3.8) is 0 Å². The number of rotatable bonds is 5. The van der Waals surface area contributed by atoms with Gasteiger partial charge in [-0.1, -0.05) is 30.3 Å². The lowest BCUT2D eigenvalue weighted by Gasteiger charge is -2.42. The van der Waals surface area contributed by atoms with Gasteiger partial charge >= 0.3 is 0 Å². The minimum atomic E-state index is 0.0516. The van der Waals surface area contributed by atoms with Gasteiger partial charge in [0.1, 0.15) is 0 Å². The molecule has 1 atom stereocenters. The standard InChI is InChI=1S/C23H31N5O2/c1-17-21(15-25-26-17)23(30)27-12-9-20(10-13-27)28-11-5-8-19(16-28)22(29)24-14-18-6-3-2-4-7-18/h2-4,6-7,15,19-20H,5,8-14,16H2,1H3,(H,24,29)(H,25,26)/t19-/m0/s1. The molecule has 2 aliphatic rings. The molecule has 1 aromatic heterocycles. The van der Waals surface area contributed by atoms with Crippen LogP contribution in [0, 0.1) is 12.8 Å². The fraction of sp³-hybridized carbons (Fsp3) is 0.522. The molecule has 30 heavy (non-hydrogen) atoms. The van der Waals surface area contributed by atoms with Crippen LogP contribution >= 0.6 is 0 Å². The molecule has 160 valence electrons. The molecule has 0 radical (unpaired) electrons. The van der Waals surface area contributed by atoms with Crippen LogP contribution in [0.2, 0.25) is 0 Å². The molecule has 2 saturated heterocycles. The zero-order valence-corrected chi connectivity index (χ0v) is 17.6. The van der Waals surface area contributed by atoms with Crippen molar-refractivity contribution in [2.24, 2.45) is 5.92 Å². The fourth-order valence-corrected chi connectivity index (χ4v) is 4.65. The van der Waals surface area contributed by atoms with E-state index in [9.17, 15) is 9.59 Å². The number of benzene rings is 1. The lowest BCUT2D eigenvalue weighted by molar-refractivity contribution is -0.127. The highest BCUT2D eigenvalue weighted by Gasteiger charge is 2.33. The van der Waals surface area contributed by atoms with E-state index in [1.54, 1.807) is 6.20 Å². The number of likely N-dealkylation sites (tertiary alicyclic amines) is 2. The van der Waals surface area contributed by atoms with E-state index in [0.717, 1.165) is 63.1 Å². The molecule has 2 aromatic rings. The van der Waals surface area contributed by atoms with Gasteiger partial charge in [-0.25, -0.2) is 0 Å². The summed E-state index contributed by atoms with van der Waals surface area (Å²) < 4.78 is 0. The normalized spacial score (nSPS) is 20.8. The van der Waals surface area contributed by atoms with E-state index in [0.29, 0.717) is 18.2 Å². The summed E-state index contributed by atoms with van der Waals surface area (Å²) in [6, 6.07) is 10.5. The fourth-order valence-electron chi connectivity index (χ4n) is 4.65. The second kappa shape index (κ2) is 9.43. The summed E-state index contributed by atoms with van der Waals surface area (Å²) in [5.74, 6) is 0.277. The van der Waals surface area contributed by atoms with Crippen molar-refractivity contribution in [1.29, 1.82) is 0 Å². The van der Waals surface area contributed by atoms with Crippen molar-refractivity contribution < 1.29 is 9.59 Å². The van der Waals surface area contributed by atoms with Gasteiger partial charge in [0, 0.05) is 37.9 Å². The van der Waals surface area contributed by atoms with Crippen LogP contribution in [0.3, 0.4) is 0 Å². The maximum Gasteiger partial charge on any atom is 0.257 e. The summed E-state index contributed by atoms with van der Waals surface area (Å²) in [6.07, 6.45) is 5.54. The summed E-state index contributed by atoms with van der Waals surface area (Å²) in [6.45, 7) is 5.85. The SMILES string of the molecule is Cc1[nH]ncc1C(=O)N1CCC(N2CCC[C@H](C(=O)NCc3ccccc3)C2)CC1. The van der Waals surface area contributed by atoms with Gasteiger partial charge in [-0.2, -0.15) is 5.10 Å². The van der Waals surface area contributed by atoms with Crippen molar-refractivity contribution in [3.8, 4) is 0 Å². The van der Waals surface area contributed by atoms with Gasteiger partial charge in [-0.15, -0.1) is 0 Å². The van der Waals surface area contributed by atoms with Gasteiger partial charge in [0.05, 0.1) is 17.7 Å². The van der Waals surface area contributed by atoms with Crippen LogP contribution in [-0.2, 0) is 11.3 Å². The number of nitrogens with zero attached hydrogens (tertiary/aromatic N) is 3. The third kappa shape index (κ3) is 4.73. The molecule has 7 nitrogen and oxygen atoms in total. The van der Waals surface area contributed by atoms with Crippen LogP contribution in [0.15, 0.2) is 36.5 Å². The van der Waals surface area contributed by atoms with Crippen LogP contribution in [-0.4, -0.2) is 64.0 Å². The maximum absolute atomic E-state index is 12.7. The highest BCUT2D eigenvalue weighted by molar-refractivity contribution is 5.95. The number of carbonyl (C=O) groups is 2. The predicted octanol–water partition coefficient (Wildman–Crippen LogP) is 2.35. The van der Waals surface area contributed by atoms with Crippen molar-refractivity contribution in [2.45, 2.75) is 45.2 Å². The van der Waals surface area contributed by atoms with Crippen LogP contribution in [0.5, 0.6) is 0 Å². The molecule has 0 bridgehead atoms. The Morgan fingerprint density at radius 1 is 1.13 bits per heavy atom. The average molecular weight is 410 g/mol. The highest BCUT2D eigenvalue weighted by Crippen LogP contribution is 2.25. The molecule has 0 unspecified atom stereocenters. The third-order valence-electron chi connectivity index (χ3n) is 6.46. The number of amides is 2. The smallest absolute Gasteiger partial charge is 0.257 e. The Morgan fingerprint density at radius 3 is 2.60 bits per heavy atom. The highest BCUT2D eigenvalue weighted by atomic mass is 16.2. The number of nitrogens with one attached hydrogen (secondary N) is 2. The molecule has 2 amide bonds. The molecule has 4 rings (SSSR count). The number of hydrogen-bond acceptors (Lipinski definition) is 4. The van der Waals surface area contributed by atoms with Crippen LogP contribution in [0.25, 0.3) is 0 Å². The molecular formula is C23H31N5O2.